The molecule has 7 nitrogen and oxygen atoms in total. The molecular weight excluding hydrogens is 382 g/mol. The molecule has 2 heterocycles. The topological polar surface area (TPSA) is 77.6 Å². The SMILES string of the molecule is COc1ccc(-c2nc3ccccn3c2/N=C/c2ccc(OC)c(OC)c2)cc1O. The number of benzene rings is 2. The van der Waals surface area contributed by atoms with Gasteiger partial charge in [0.1, 0.15) is 11.3 Å². The number of hydrogen-bond donors (Lipinski definition) is 1. The Kier molecular flexibility index (Phi) is 5.26. The number of fused-ring (bicyclic) bond motifs is 1. The molecule has 1 N–H and O–H groups in total. The third kappa shape index (κ3) is 3.53. The first-order chi connectivity index (χ1) is 14.6. The molecule has 0 atom stereocenters. The highest BCUT2D eigenvalue weighted by atomic mass is 16.5. The minimum Gasteiger partial charge on any atom is -0.504 e. The summed E-state index contributed by atoms with van der Waals surface area (Å²) < 4.78 is 17.7. The maximum atomic E-state index is 10.2. The van der Waals surface area contributed by atoms with Gasteiger partial charge in [-0.2, -0.15) is 0 Å². The Balaban J connectivity index is 1.81. The van der Waals surface area contributed by atoms with E-state index in [1.54, 1.807) is 32.6 Å². The molecule has 0 radical (unpaired) electrons. The summed E-state index contributed by atoms with van der Waals surface area (Å²) in [6.07, 6.45) is 3.64. The Labute approximate surface area is 173 Å². The van der Waals surface area contributed by atoms with E-state index in [2.05, 4.69) is 0 Å². The van der Waals surface area contributed by atoms with Gasteiger partial charge in [-0.15, -0.1) is 0 Å². The van der Waals surface area contributed by atoms with Gasteiger partial charge in [-0.1, -0.05) is 6.07 Å². The van der Waals surface area contributed by atoms with Crippen molar-refractivity contribution < 1.29 is 19.3 Å². The van der Waals surface area contributed by atoms with Gasteiger partial charge in [-0.25, -0.2) is 9.98 Å². The van der Waals surface area contributed by atoms with Crippen LogP contribution in [0.25, 0.3) is 16.9 Å². The number of aliphatic imine (C=N–C) groups is 1. The van der Waals surface area contributed by atoms with E-state index in [4.69, 9.17) is 24.2 Å². The number of aromatic nitrogens is 2. The molecule has 4 rings (SSSR count). The average molecular weight is 403 g/mol. The van der Waals surface area contributed by atoms with Crippen LogP contribution in [-0.2, 0) is 0 Å². The van der Waals surface area contributed by atoms with Gasteiger partial charge in [-0.05, 0) is 54.1 Å². The summed E-state index contributed by atoms with van der Waals surface area (Å²) >= 11 is 0. The van der Waals surface area contributed by atoms with Crippen molar-refractivity contribution in [2.75, 3.05) is 21.3 Å². The molecule has 0 saturated heterocycles. The molecule has 0 aliphatic carbocycles. The monoisotopic (exact) mass is 403 g/mol. The number of imidazole rings is 1. The summed E-state index contributed by atoms with van der Waals surface area (Å²) in [7, 11) is 4.70. The van der Waals surface area contributed by atoms with Gasteiger partial charge in [-0.3, -0.25) is 4.40 Å². The molecule has 0 saturated carbocycles. The lowest BCUT2D eigenvalue weighted by Crippen LogP contribution is -1.92. The maximum absolute atomic E-state index is 10.2. The molecule has 0 spiro atoms. The standard InChI is InChI=1S/C23H21N3O4/c1-28-18-10-8-16(13-17(18)27)22-23(26-11-5-4-6-21(26)25-22)24-14-15-7-9-19(29-2)20(12-15)30-3/h4-14,27H,1-3H3/b24-14+. The predicted molar refractivity (Wildman–Crippen MR) is 116 cm³/mol. The Morgan fingerprint density at radius 2 is 1.67 bits per heavy atom. The zero-order valence-electron chi connectivity index (χ0n) is 16.9. The van der Waals surface area contributed by atoms with Crippen molar-refractivity contribution >= 4 is 17.7 Å². The van der Waals surface area contributed by atoms with Crippen LogP contribution in [0, 0.1) is 0 Å². The molecule has 152 valence electrons. The normalized spacial score (nSPS) is 11.2. The van der Waals surface area contributed by atoms with Gasteiger partial charge in [0.05, 0.1) is 21.3 Å². The van der Waals surface area contributed by atoms with E-state index in [9.17, 15) is 5.11 Å². The molecule has 7 heteroatoms. The summed E-state index contributed by atoms with van der Waals surface area (Å²) in [5.74, 6) is 2.36. The number of nitrogens with zero attached hydrogens (tertiary/aromatic N) is 3. The van der Waals surface area contributed by atoms with Crippen molar-refractivity contribution in [2.45, 2.75) is 0 Å². The lowest BCUT2D eigenvalue weighted by molar-refractivity contribution is 0.355. The number of phenols is 1. The quantitative estimate of drug-likeness (QED) is 0.480. The van der Waals surface area contributed by atoms with Crippen LogP contribution in [-0.4, -0.2) is 42.0 Å². The van der Waals surface area contributed by atoms with Gasteiger partial charge in [0, 0.05) is 18.0 Å². The second kappa shape index (κ2) is 8.16. The fourth-order valence-corrected chi connectivity index (χ4v) is 3.21. The molecule has 0 aliphatic heterocycles. The predicted octanol–water partition coefficient (Wildman–Crippen LogP) is 4.48. The molecule has 0 unspecified atom stereocenters. The van der Waals surface area contributed by atoms with Crippen LogP contribution in [0.1, 0.15) is 5.56 Å². The molecular formula is C23H21N3O4. The molecule has 4 aromatic rings. The molecule has 2 aromatic heterocycles. The minimum atomic E-state index is 0.0434. The van der Waals surface area contributed by atoms with Gasteiger partial charge in [0.25, 0.3) is 0 Å². The Morgan fingerprint density at radius 3 is 2.40 bits per heavy atom. The van der Waals surface area contributed by atoms with E-state index in [0.29, 0.717) is 28.8 Å². The summed E-state index contributed by atoms with van der Waals surface area (Å²) in [5.41, 5.74) is 2.98. The number of methoxy groups -OCH3 is 3. The number of pyridine rings is 1. The van der Waals surface area contributed by atoms with Gasteiger partial charge in [0.15, 0.2) is 28.8 Å². The first-order valence-electron chi connectivity index (χ1n) is 9.25. The van der Waals surface area contributed by atoms with Crippen LogP contribution in [0.4, 0.5) is 5.82 Å². The van der Waals surface area contributed by atoms with Crippen molar-refractivity contribution in [3.63, 3.8) is 0 Å². The fraction of sp³-hybridized carbons (Fsp3) is 0.130. The summed E-state index contributed by atoms with van der Waals surface area (Å²) in [4.78, 5) is 9.42. The highest BCUT2D eigenvalue weighted by Crippen LogP contribution is 2.36. The zero-order valence-corrected chi connectivity index (χ0v) is 16.9. The summed E-state index contributed by atoms with van der Waals surface area (Å²) in [6, 6.07) is 16.5. The summed E-state index contributed by atoms with van der Waals surface area (Å²) in [5, 5.41) is 10.2. The largest absolute Gasteiger partial charge is 0.504 e. The maximum Gasteiger partial charge on any atom is 0.165 e. The van der Waals surface area contributed by atoms with E-state index in [1.165, 1.54) is 7.11 Å². The number of rotatable bonds is 6. The Bertz CT molecular complexity index is 1230. The number of ether oxygens (including phenoxy) is 3. The molecule has 30 heavy (non-hydrogen) atoms. The molecule has 0 bridgehead atoms. The number of phenolic OH excluding ortho intramolecular Hbond substituents is 1. The van der Waals surface area contributed by atoms with Crippen molar-refractivity contribution in [1.82, 2.24) is 9.38 Å². The Morgan fingerprint density at radius 1 is 0.900 bits per heavy atom. The van der Waals surface area contributed by atoms with E-state index >= 15 is 0 Å². The summed E-state index contributed by atoms with van der Waals surface area (Å²) in [6.45, 7) is 0. The van der Waals surface area contributed by atoms with Crippen LogP contribution in [0.5, 0.6) is 23.0 Å². The van der Waals surface area contributed by atoms with E-state index in [0.717, 1.165) is 16.8 Å². The van der Waals surface area contributed by atoms with Gasteiger partial charge < -0.3 is 19.3 Å². The van der Waals surface area contributed by atoms with Crippen LogP contribution in [0.3, 0.4) is 0 Å². The first kappa shape index (κ1) is 19.3. The average Bonchev–Trinajstić information content (AvgIpc) is 3.16. The molecule has 2 aromatic carbocycles. The highest BCUT2D eigenvalue weighted by molar-refractivity contribution is 5.86. The van der Waals surface area contributed by atoms with Crippen molar-refractivity contribution in [1.29, 1.82) is 0 Å². The van der Waals surface area contributed by atoms with Crippen molar-refractivity contribution in [2.24, 2.45) is 4.99 Å². The van der Waals surface area contributed by atoms with Crippen LogP contribution in [0.2, 0.25) is 0 Å². The second-order valence-electron chi connectivity index (χ2n) is 6.47. The van der Waals surface area contributed by atoms with Crippen molar-refractivity contribution in [3.8, 4) is 34.3 Å². The minimum absolute atomic E-state index is 0.0434. The van der Waals surface area contributed by atoms with Crippen LogP contribution < -0.4 is 14.2 Å². The third-order valence-corrected chi connectivity index (χ3v) is 4.70. The van der Waals surface area contributed by atoms with Crippen LogP contribution in [0.15, 0.2) is 65.8 Å². The lowest BCUT2D eigenvalue weighted by atomic mass is 10.1. The third-order valence-electron chi connectivity index (χ3n) is 4.70. The van der Waals surface area contributed by atoms with E-state index in [1.807, 2.05) is 53.1 Å². The molecule has 0 aliphatic rings. The van der Waals surface area contributed by atoms with Gasteiger partial charge in [0.2, 0.25) is 0 Å². The van der Waals surface area contributed by atoms with Gasteiger partial charge >= 0.3 is 0 Å². The van der Waals surface area contributed by atoms with E-state index in [-0.39, 0.29) is 5.75 Å². The highest BCUT2D eigenvalue weighted by Gasteiger charge is 2.15. The zero-order chi connectivity index (χ0) is 21.1. The fourth-order valence-electron chi connectivity index (χ4n) is 3.21. The van der Waals surface area contributed by atoms with E-state index < -0.39 is 0 Å². The van der Waals surface area contributed by atoms with Crippen molar-refractivity contribution in [3.05, 3.63) is 66.4 Å². The smallest absolute Gasteiger partial charge is 0.165 e. The number of aromatic hydroxyl groups is 1. The Hall–Kier alpha value is -4.00. The van der Waals surface area contributed by atoms with Crippen LogP contribution >= 0.6 is 0 Å². The second-order valence-corrected chi connectivity index (χ2v) is 6.47. The molecule has 0 amide bonds. The molecule has 0 fully saturated rings. The number of hydrogen-bond acceptors (Lipinski definition) is 6. The first-order valence-corrected chi connectivity index (χ1v) is 9.25. The lowest BCUT2D eigenvalue weighted by Gasteiger charge is -2.07.